The van der Waals surface area contributed by atoms with E-state index in [0.717, 1.165) is 5.56 Å². The molecule has 0 bridgehead atoms. The molecule has 2 amide bonds. The zero-order valence-corrected chi connectivity index (χ0v) is 10.5. The van der Waals surface area contributed by atoms with E-state index in [1.807, 2.05) is 0 Å². The molecule has 0 saturated heterocycles. The summed E-state index contributed by atoms with van der Waals surface area (Å²) >= 11 is 0. The van der Waals surface area contributed by atoms with Crippen molar-refractivity contribution in [1.29, 1.82) is 0 Å². The van der Waals surface area contributed by atoms with Crippen molar-refractivity contribution in [3.05, 3.63) is 30.1 Å². The van der Waals surface area contributed by atoms with Gasteiger partial charge < -0.3 is 15.3 Å². The molecule has 0 saturated carbocycles. The molecular weight excluding hydrogens is 246 g/mol. The Morgan fingerprint density at radius 2 is 2.16 bits per heavy atom. The quantitative estimate of drug-likeness (QED) is 0.764. The van der Waals surface area contributed by atoms with Gasteiger partial charge in [-0.05, 0) is 17.7 Å². The van der Waals surface area contributed by atoms with Gasteiger partial charge in [0.25, 0.3) is 0 Å². The SMILES string of the molecule is C#CCC(NC(=O)N(C)Cc1ccncc1)C(=O)O. The smallest absolute Gasteiger partial charge is 0.327 e. The molecule has 6 heteroatoms. The summed E-state index contributed by atoms with van der Waals surface area (Å²) in [6.07, 6.45) is 8.25. The number of hydrogen-bond acceptors (Lipinski definition) is 3. The molecule has 1 unspecified atom stereocenters. The largest absolute Gasteiger partial charge is 0.480 e. The number of amides is 2. The van der Waals surface area contributed by atoms with Crippen molar-refractivity contribution in [2.75, 3.05) is 7.05 Å². The predicted molar refractivity (Wildman–Crippen MR) is 69.1 cm³/mol. The van der Waals surface area contributed by atoms with Crippen LogP contribution in [0.25, 0.3) is 0 Å². The van der Waals surface area contributed by atoms with Crippen LogP contribution in [0.1, 0.15) is 12.0 Å². The Morgan fingerprint density at radius 3 is 2.68 bits per heavy atom. The van der Waals surface area contributed by atoms with Crippen molar-refractivity contribution in [3.63, 3.8) is 0 Å². The summed E-state index contributed by atoms with van der Waals surface area (Å²) in [6.45, 7) is 0.358. The molecule has 0 aliphatic rings. The van der Waals surface area contributed by atoms with Gasteiger partial charge in [-0.1, -0.05) is 0 Å². The zero-order chi connectivity index (χ0) is 14.3. The molecule has 0 aliphatic heterocycles. The molecule has 1 atom stereocenters. The van der Waals surface area contributed by atoms with E-state index in [1.54, 1.807) is 31.6 Å². The van der Waals surface area contributed by atoms with Crippen LogP contribution >= 0.6 is 0 Å². The number of pyridine rings is 1. The number of carbonyl (C=O) groups excluding carboxylic acids is 1. The Kier molecular flexibility index (Phi) is 5.35. The second-order valence-electron chi connectivity index (χ2n) is 3.96. The highest BCUT2D eigenvalue weighted by Gasteiger charge is 2.20. The second-order valence-corrected chi connectivity index (χ2v) is 3.96. The van der Waals surface area contributed by atoms with Crippen LogP contribution in [0.4, 0.5) is 4.79 Å². The lowest BCUT2D eigenvalue weighted by atomic mass is 10.2. The number of carboxylic acid groups (broad SMARTS) is 1. The van der Waals surface area contributed by atoms with Crippen LogP contribution in [-0.4, -0.2) is 40.1 Å². The van der Waals surface area contributed by atoms with Gasteiger partial charge in [0.15, 0.2) is 0 Å². The van der Waals surface area contributed by atoms with E-state index in [0.29, 0.717) is 6.54 Å². The molecule has 0 aromatic carbocycles. The third kappa shape index (κ3) is 4.68. The van der Waals surface area contributed by atoms with Gasteiger partial charge in [0.2, 0.25) is 0 Å². The van der Waals surface area contributed by atoms with E-state index in [1.165, 1.54) is 4.90 Å². The van der Waals surface area contributed by atoms with E-state index in [9.17, 15) is 9.59 Å². The van der Waals surface area contributed by atoms with E-state index in [4.69, 9.17) is 11.5 Å². The number of nitrogens with zero attached hydrogens (tertiary/aromatic N) is 2. The lowest BCUT2D eigenvalue weighted by molar-refractivity contribution is -0.139. The van der Waals surface area contributed by atoms with Gasteiger partial charge in [0.05, 0.1) is 0 Å². The summed E-state index contributed by atoms with van der Waals surface area (Å²) in [5, 5.41) is 11.3. The van der Waals surface area contributed by atoms with E-state index >= 15 is 0 Å². The summed E-state index contributed by atoms with van der Waals surface area (Å²) in [5.74, 6) is 1.07. The molecule has 100 valence electrons. The summed E-state index contributed by atoms with van der Waals surface area (Å²) in [7, 11) is 1.57. The van der Waals surface area contributed by atoms with Crippen molar-refractivity contribution < 1.29 is 14.7 Å². The van der Waals surface area contributed by atoms with Crippen LogP contribution in [0.3, 0.4) is 0 Å². The molecule has 2 N–H and O–H groups in total. The van der Waals surface area contributed by atoms with Gasteiger partial charge in [-0.2, -0.15) is 0 Å². The van der Waals surface area contributed by atoms with Crippen molar-refractivity contribution >= 4 is 12.0 Å². The van der Waals surface area contributed by atoms with Crippen LogP contribution in [-0.2, 0) is 11.3 Å². The summed E-state index contributed by atoms with van der Waals surface area (Å²) < 4.78 is 0. The number of nitrogens with one attached hydrogen (secondary N) is 1. The van der Waals surface area contributed by atoms with E-state index < -0.39 is 18.0 Å². The first-order valence-corrected chi connectivity index (χ1v) is 5.61. The number of aliphatic carboxylic acids is 1. The number of hydrogen-bond donors (Lipinski definition) is 2. The normalized spacial score (nSPS) is 11.2. The zero-order valence-electron chi connectivity index (χ0n) is 10.5. The highest BCUT2D eigenvalue weighted by Crippen LogP contribution is 2.02. The number of carbonyl (C=O) groups is 2. The summed E-state index contributed by atoms with van der Waals surface area (Å²) in [6, 6.07) is 2.00. The number of rotatable bonds is 5. The number of terminal acetylenes is 1. The Morgan fingerprint density at radius 1 is 1.53 bits per heavy atom. The first kappa shape index (κ1) is 14.5. The molecule has 6 nitrogen and oxygen atoms in total. The Balaban J connectivity index is 2.57. The molecular formula is C13H15N3O3. The number of carboxylic acids is 1. The Hall–Kier alpha value is -2.55. The van der Waals surface area contributed by atoms with Gasteiger partial charge in [0.1, 0.15) is 6.04 Å². The van der Waals surface area contributed by atoms with E-state index in [-0.39, 0.29) is 6.42 Å². The van der Waals surface area contributed by atoms with Gasteiger partial charge in [0, 0.05) is 32.4 Å². The minimum atomic E-state index is -1.15. The van der Waals surface area contributed by atoms with Gasteiger partial charge in [-0.25, -0.2) is 9.59 Å². The molecule has 1 rings (SSSR count). The first-order valence-electron chi connectivity index (χ1n) is 5.61. The highest BCUT2D eigenvalue weighted by atomic mass is 16.4. The summed E-state index contributed by atoms with van der Waals surface area (Å²) in [4.78, 5) is 27.9. The number of urea groups is 1. The topological polar surface area (TPSA) is 82.5 Å². The highest BCUT2D eigenvalue weighted by molar-refractivity contribution is 5.82. The Labute approximate surface area is 111 Å². The van der Waals surface area contributed by atoms with Crippen LogP contribution in [0, 0.1) is 12.3 Å². The van der Waals surface area contributed by atoms with E-state index in [2.05, 4.69) is 16.2 Å². The average Bonchev–Trinajstić information content (AvgIpc) is 2.39. The third-order valence-corrected chi connectivity index (χ3v) is 2.43. The maximum Gasteiger partial charge on any atom is 0.327 e. The van der Waals surface area contributed by atoms with Gasteiger partial charge in [-0.15, -0.1) is 12.3 Å². The first-order chi connectivity index (χ1) is 9.04. The molecule has 1 aromatic heterocycles. The van der Waals surface area contributed by atoms with Crippen LogP contribution < -0.4 is 5.32 Å². The van der Waals surface area contributed by atoms with Crippen LogP contribution in [0.15, 0.2) is 24.5 Å². The summed E-state index contributed by atoms with van der Waals surface area (Å²) in [5.41, 5.74) is 0.900. The van der Waals surface area contributed by atoms with Crippen molar-refractivity contribution in [3.8, 4) is 12.3 Å². The predicted octanol–water partition coefficient (Wildman–Crippen LogP) is 0.699. The van der Waals surface area contributed by atoms with Gasteiger partial charge >= 0.3 is 12.0 Å². The molecule has 1 aromatic rings. The van der Waals surface area contributed by atoms with Gasteiger partial charge in [-0.3, -0.25) is 4.98 Å². The fourth-order valence-corrected chi connectivity index (χ4v) is 1.41. The lowest BCUT2D eigenvalue weighted by Gasteiger charge is -2.20. The lowest BCUT2D eigenvalue weighted by Crippen LogP contribution is -2.46. The third-order valence-electron chi connectivity index (χ3n) is 2.43. The fourth-order valence-electron chi connectivity index (χ4n) is 1.41. The molecule has 0 aliphatic carbocycles. The monoisotopic (exact) mass is 261 g/mol. The Bertz CT molecular complexity index is 482. The average molecular weight is 261 g/mol. The molecule has 0 spiro atoms. The molecule has 1 heterocycles. The maximum atomic E-state index is 11.8. The molecule has 0 radical (unpaired) electrons. The van der Waals surface area contributed by atoms with Crippen molar-refractivity contribution in [2.24, 2.45) is 0 Å². The standard InChI is InChI=1S/C13H15N3O3/c1-3-4-11(12(17)18)15-13(19)16(2)9-10-5-7-14-8-6-10/h1,5-8,11H,4,9H2,2H3,(H,15,19)(H,17,18). The fraction of sp³-hybridized carbons (Fsp3) is 0.308. The maximum absolute atomic E-state index is 11.8. The molecule has 0 fully saturated rings. The minimum absolute atomic E-state index is 0.0514. The molecule has 19 heavy (non-hydrogen) atoms. The minimum Gasteiger partial charge on any atom is -0.480 e. The van der Waals surface area contributed by atoms with Crippen LogP contribution in [0.2, 0.25) is 0 Å². The van der Waals surface area contributed by atoms with Crippen molar-refractivity contribution in [2.45, 2.75) is 19.0 Å². The number of aromatic nitrogens is 1. The van der Waals surface area contributed by atoms with Crippen LogP contribution in [0.5, 0.6) is 0 Å². The second kappa shape index (κ2) is 7.01. The van der Waals surface area contributed by atoms with Crippen molar-refractivity contribution in [1.82, 2.24) is 15.2 Å².